The molecule has 1 saturated heterocycles. The van der Waals surface area contributed by atoms with Gasteiger partial charge in [-0.1, -0.05) is 24.3 Å². The minimum absolute atomic E-state index is 0.115. The highest BCUT2D eigenvalue weighted by Gasteiger charge is 2.38. The van der Waals surface area contributed by atoms with Crippen LogP contribution in [0.3, 0.4) is 0 Å². The van der Waals surface area contributed by atoms with Crippen LogP contribution >= 0.6 is 0 Å². The molecule has 2 aromatic carbocycles. The Labute approximate surface area is 206 Å². The second kappa shape index (κ2) is 10.1. The number of alkyl halides is 3. The molecule has 3 aromatic rings. The molecule has 0 spiro atoms. The molecule has 1 N–H and O–H groups in total. The Balaban J connectivity index is 1.49. The maximum Gasteiger partial charge on any atom is 0.416 e. The molecular weight excluding hydrogens is 473 g/mol. The summed E-state index contributed by atoms with van der Waals surface area (Å²) in [5, 5.41) is 7.41. The molecule has 10 heteroatoms. The van der Waals surface area contributed by atoms with Crippen molar-refractivity contribution in [2.24, 2.45) is 0 Å². The minimum Gasteiger partial charge on any atom is -0.468 e. The Morgan fingerprint density at radius 2 is 1.86 bits per heavy atom. The molecule has 1 amide bonds. The highest BCUT2D eigenvalue weighted by Crippen LogP contribution is 2.30. The average Bonchev–Trinajstić information content (AvgIpc) is 3.39. The van der Waals surface area contributed by atoms with Crippen LogP contribution in [0.25, 0.3) is 5.69 Å². The summed E-state index contributed by atoms with van der Waals surface area (Å²) >= 11 is 0. The van der Waals surface area contributed by atoms with E-state index in [-0.39, 0.29) is 24.9 Å². The lowest BCUT2D eigenvalue weighted by molar-refractivity contribution is -0.146. The molecule has 2 heterocycles. The summed E-state index contributed by atoms with van der Waals surface area (Å²) in [6, 6.07) is 12.9. The zero-order valence-corrected chi connectivity index (χ0v) is 20.2. The fraction of sp³-hybridized carbons (Fsp3) is 0.346. The van der Waals surface area contributed by atoms with Gasteiger partial charge >= 0.3 is 12.1 Å². The first kappa shape index (κ1) is 25.4. The van der Waals surface area contributed by atoms with Crippen molar-refractivity contribution in [3.05, 3.63) is 82.7 Å². The summed E-state index contributed by atoms with van der Waals surface area (Å²) in [4.78, 5) is 27.2. The van der Waals surface area contributed by atoms with E-state index in [1.165, 1.54) is 13.2 Å². The molecular formula is C26H27F3N4O3. The number of carbonyl (C=O) groups is 2. The number of halogens is 3. The van der Waals surface area contributed by atoms with Gasteiger partial charge in [0.05, 0.1) is 24.1 Å². The van der Waals surface area contributed by atoms with Crippen molar-refractivity contribution in [1.29, 1.82) is 0 Å². The smallest absolute Gasteiger partial charge is 0.416 e. The van der Waals surface area contributed by atoms with Crippen molar-refractivity contribution in [1.82, 2.24) is 20.0 Å². The molecule has 0 saturated carbocycles. The van der Waals surface area contributed by atoms with Crippen molar-refractivity contribution in [2.75, 3.05) is 13.7 Å². The first-order chi connectivity index (χ1) is 17.0. The summed E-state index contributed by atoms with van der Waals surface area (Å²) in [6.45, 7) is 4.22. The number of aromatic nitrogens is 2. The van der Waals surface area contributed by atoms with Gasteiger partial charge in [0.2, 0.25) is 0 Å². The number of esters is 1. The molecule has 190 valence electrons. The molecule has 1 fully saturated rings. The molecule has 1 aliphatic rings. The van der Waals surface area contributed by atoms with E-state index in [1.807, 2.05) is 26.0 Å². The topological polar surface area (TPSA) is 76.5 Å². The van der Waals surface area contributed by atoms with E-state index in [1.54, 1.807) is 33.8 Å². The first-order valence-corrected chi connectivity index (χ1v) is 11.5. The molecule has 0 unspecified atom stereocenters. The van der Waals surface area contributed by atoms with Crippen LogP contribution in [0.15, 0.2) is 54.6 Å². The van der Waals surface area contributed by atoms with E-state index >= 15 is 0 Å². The Hall–Kier alpha value is -3.66. The van der Waals surface area contributed by atoms with Gasteiger partial charge in [0.15, 0.2) is 0 Å². The third-order valence-electron chi connectivity index (χ3n) is 6.21. The average molecular weight is 501 g/mol. The fourth-order valence-corrected chi connectivity index (χ4v) is 4.58. The lowest BCUT2D eigenvalue weighted by Crippen LogP contribution is -2.37. The second-order valence-corrected chi connectivity index (χ2v) is 8.96. The van der Waals surface area contributed by atoms with Gasteiger partial charge in [0, 0.05) is 30.4 Å². The summed E-state index contributed by atoms with van der Waals surface area (Å²) < 4.78 is 46.0. The number of hydrogen-bond acceptors (Lipinski definition) is 5. The van der Waals surface area contributed by atoms with Gasteiger partial charge in [0.25, 0.3) is 5.91 Å². The van der Waals surface area contributed by atoms with E-state index in [9.17, 15) is 22.8 Å². The highest BCUT2D eigenvalue weighted by molar-refractivity contribution is 5.95. The maximum absolute atomic E-state index is 13.1. The monoisotopic (exact) mass is 500 g/mol. The summed E-state index contributed by atoms with van der Waals surface area (Å²) in [5.41, 5.74) is 2.66. The SMILES string of the molecule is COC(=O)[C@@H]1C[C@@H](NC(=O)c2cccc(-n3nc(C)cc3C)c2)CN1Cc1cccc(C(F)(F)F)c1. The number of hydrogen-bond donors (Lipinski definition) is 1. The highest BCUT2D eigenvalue weighted by atomic mass is 19.4. The third-order valence-corrected chi connectivity index (χ3v) is 6.21. The van der Waals surface area contributed by atoms with E-state index < -0.39 is 23.8 Å². The molecule has 4 rings (SSSR count). The Kier molecular flexibility index (Phi) is 7.16. The largest absolute Gasteiger partial charge is 0.468 e. The van der Waals surface area contributed by atoms with Crippen LogP contribution in [-0.2, 0) is 22.3 Å². The van der Waals surface area contributed by atoms with Gasteiger partial charge in [-0.2, -0.15) is 18.3 Å². The van der Waals surface area contributed by atoms with E-state index in [2.05, 4.69) is 10.4 Å². The van der Waals surface area contributed by atoms with Gasteiger partial charge in [-0.05, 0) is 56.2 Å². The number of likely N-dealkylation sites (tertiary alicyclic amines) is 1. The maximum atomic E-state index is 13.1. The number of ether oxygens (including phenoxy) is 1. The predicted molar refractivity (Wildman–Crippen MR) is 127 cm³/mol. The van der Waals surface area contributed by atoms with E-state index in [0.717, 1.165) is 29.2 Å². The molecule has 1 aliphatic heterocycles. The van der Waals surface area contributed by atoms with Gasteiger partial charge in [-0.25, -0.2) is 4.68 Å². The van der Waals surface area contributed by atoms with Gasteiger partial charge < -0.3 is 10.1 Å². The number of benzene rings is 2. The predicted octanol–water partition coefficient (Wildman–Crippen LogP) is 4.05. The third kappa shape index (κ3) is 5.59. The minimum atomic E-state index is -4.46. The van der Waals surface area contributed by atoms with Crippen LogP contribution in [0.1, 0.15) is 39.3 Å². The van der Waals surface area contributed by atoms with Crippen LogP contribution in [-0.4, -0.2) is 52.3 Å². The lowest BCUT2D eigenvalue weighted by atomic mass is 10.1. The first-order valence-electron chi connectivity index (χ1n) is 11.5. The quantitative estimate of drug-likeness (QED) is 0.517. The van der Waals surface area contributed by atoms with Crippen molar-refractivity contribution in [3.63, 3.8) is 0 Å². The number of nitrogens with zero attached hydrogens (tertiary/aromatic N) is 3. The zero-order chi connectivity index (χ0) is 26.0. The van der Waals surface area contributed by atoms with Crippen LogP contribution < -0.4 is 5.32 Å². The van der Waals surface area contributed by atoms with Crippen molar-refractivity contribution >= 4 is 11.9 Å². The van der Waals surface area contributed by atoms with Crippen LogP contribution in [0.5, 0.6) is 0 Å². The van der Waals surface area contributed by atoms with Gasteiger partial charge in [0.1, 0.15) is 6.04 Å². The zero-order valence-electron chi connectivity index (χ0n) is 20.2. The molecule has 0 aliphatic carbocycles. The van der Waals surface area contributed by atoms with Crippen LogP contribution in [0.4, 0.5) is 13.2 Å². The van der Waals surface area contributed by atoms with E-state index in [0.29, 0.717) is 17.7 Å². The fourth-order valence-electron chi connectivity index (χ4n) is 4.58. The number of rotatable bonds is 6. The second-order valence-electron chi connectivity index (χ2n) is 8.96. The van der Waals surface area contributed by atoms with Gasteiger partial charge in [-0.15, -0.1) is 0 Å². The molecule has 2 atom stereocenters. The van der Waals surface area contributed by atoms with Gasteiger partial charge in [-0.3, -0.25) is 14.5 Å². The van der Waals surface area contributed by atoms with Crippen molar-refractivity contribution in [2.45, 2.75) is 45.1 Å². The Bertz CT molecular complexity index is 1270. The van der Waals surface area contributed by atoms with Crippen molar-refractivity contribution in [3.8, 4) is 5.69 Å². The number of carbonyl (C=O) groups excluding carboxylic acids is 2. The summed E-state index contributed by atoms with van der Waals surface area (Å²) in [5.74, 6) is -0.807. The number of nitrogens with one attached hydrogen (secondary N) is 1. The standard InChI is InChI=1S/C26H27F3N4O3/c1-16-10-17(2)33(31-16)22-9-5-7-19(12-22)24(34)30-21-13-23(25(35)36-3)32(15-21)14-18-6-4-8-20(11-18)26(27,28)29/h4-12,21,23H,13-15H2,1-3H3,(H,30,34)/t21-,23+/m1/s1. The molecule has 36 heavy (non-hydrogen) atoms. The normalized spacial score (nSPS) is 18.3. The van der Waals surface area contributed by atoms with Crippen LogP contribution in [0.2, 0.25) is 0 Å². The Morgan fingerprint density at radius 1 is 1.11 bits per heavy atom. The van der Waals surface area contributed by atoms with Crippen LogP contribution in [0, 0.1) is 13.8 Å². The number of amides is 1. The molecule has 0 radical (unpaired) electrons. The van der Waals surface area contributed by atoms with E-state index in [4.69, 9.17) is 4.74 Å². The Morgan fingerprint density at radius 3 is 2.53 bits per heavy atom. The summed E-state index contributed by atoms with van der Waals surface area (Å²) in [6.07, 6.45) is -4.17. The molecule has 7 nitrogen and oxygen atoms in total. The van der Waals surface area contributed by atoms with Crippen molar-refractivity contribution < 1.29 is 27.5 Å². The lowest BCUT2D eigenvalue weighted by Gasteiger charge is -2.22. The number of methoxy groups -OCH3 is 1. The summed E-state index contributed by atoms with van der Waals surface area (Å²) in [7, 11) is 1.27. The molecule has 1 aromatic heterocycles. The number of aryl methyl sites for hydroxylation is 2. The molecule has 0 bridgehead atoms.